The van der Waals surface area contributed by atoms with Crippen molar-refractivity contribution in [2.24, 2.45) is 0 Å². The van der Waals surface area contributed by atoms with Crippen molar-refractivity contribution in [3.8, 4) is 0 Å². The van der Waals surface area contributed by atoms with Gasteiger partial charge in [0.1, 0.15) is 0 Å². The summed E-state index contributed by atoms with van der Waals surface area (Å²) in [5, 5.41) is 4.75. The summed E-state index contributed by atoms with van der Waals surface area (Å²) < 4.78 is 0. The predicted molar refractivity (Wildman–Crippen MR) is 116 cm³/mol. The van der Waals surface area contributed by atoms with E-state index in [1.807, 2.05) is 36.4 Å². The second kappa shape index (κ2) is 6.97. The Bertz CT molecular complexity index is 1290. The lowest BCUT2D eigenvalue weighted by Crippen LogP contribution is -2.29. The number of rotatable bonds is 3. The van der Waals surface area contributed by atoms with Crippen molar-refractivity contribution in [1.29, 1.82) is 0 Å². The molecule has 0 aliphatic carbocycles. The highest BCUT2D eigenvalue weighted by Crippen LogP contribution is 2.29. The number of anilines is 2. The molecule has 0 unspecified atom stereocenters. The smallest absolute Gasteiger partial charge is 0.266 e. The van der Waals surface area contributed by atoms with E-state index in [-0.39, 0.29) is 17.7 Å². The molecule has 1 N–H and O–H groups in total. The molecule has 0 saturated carbocycles. The molecule has 3 amide bonds. The third kappa shape index (κ3) is 2.84. The van der Waals surface area contributed by atoms with E-state index in [2.05, 4.69) is 5.32 Å². The van der Waals surface area contributed by atoms with Crippen LogP contribution in [-0.2, 0) is 0 Å². The van der Waals surface area contributed by atoms with E-state index in [0.717, 1.165) is 15.7 Å². The fraction of sp³-hybridized carbons (Fsp3) is 0. The van der Waals surface area contributed by atoms with Crippen LogP contribution in [0.5, 0.6) is 0 Å². The Morgan fingerprint density at radius 2 is 1.27 bits per heavy atom. The molecule has 0 aromatic heterocycles. The summed E-state index contributed by atoms with van der Waals surface area (Å²) >= 11 is 0. The Kier molecular flexibility index (Phi) is 4.14. The second-order valence-electron chi connectivity index (χ2n) is 7.02. The van der Waals surface area contributed by atoms with Crippen LogP contribution in [0, 0.1) is 0 Å². The first kappa shape index (κ1) is 17.8. The molecule has 0 fully saturated rings. The average Bonchev–Trinajstić information content (AvgIpc) is 3.04. The lowest BCUT2D eigenvalue weighted by Gasteiger charge is -2.15. The number of carbonyl (C=O) groups excluding carboxylic acids is 3. The number of fused-ring (bicyclic) bond motifs is 2. The van der Waals surface area contributed by atoms with Crippen LogP contribution in [0.1, 0.15) is 31.1 Å². The second-order valence-corrected chi connectivity index (χ2v) is 7.02. The highest BCUT2D eigenvalue weighted by molar-refractivity contribution is 6.34. The van der Waals surface area contributed by atoms with Crippen LogP contribution in [0.3, 0.4) is 0 Å². The fourth-order valence-corrected chi connectivity index (χ4v) is 3.74. The van der Waals surface area contributed by atoms with Crippen molar-refractivity contribution >= 4 is 39.9 Å². The number of hydrogen-bond acceptors (Lipinski definition) is 3. The predicted octanol–water partition coefficient (Wildman–Crippen LogP) is 4.89. The standard InChI is InChI=1S/C25H16N2O3/c28-23(20-11-5-7-16-6-1-2-8-19(16)20)26-17-12-14-18(15-13-17)27-24(29)21-9-3-4-10-22(21)25(27)30/h1-15H,(H,26,28). The molecular weight excluding hydrogens is 376 g/mol. The van der Waals surface area contributed by atoms with Crippen LogP contribution in [0.25, 0.3) is 10.8 Å². The number of nitrogens with zero attached hydrogens (tertiary/aromatic N) is 1. The molecule has 4 aromatic carbocycles. The zero-order valence-corrected chi connectivity index (χ0v) is 15.8. The number of imide groups is 1. The molecule has 0 spiro atoms. The van der Waals surface area contributed by atoms with Crippen molar-refractivity contribution in [1.82, 2.24) is 0 Å². The van der Waals surface area contributed by atoms with Crippen molar-refractivity contribution in [3.05, 3.63) is 108 Å². The van der Waals surface area contributed by atoms with Gasteiger partial charge in [0.2, 0.25) is 0 Å². The molecule has 1 heterocycles. The molecule has 5 rings (SSSR count). The molecular formula is C25H16N2O3. The van der Waals surface area contributed by atoms with Gasteiger partial charge in [0, 0.05) is 11.3 Å². The molecule has 0 bridgehead atoms. The summed E-state index contributed by atoms with van der Waals surface area (Å²) in [6.45, 7) is 0. The third-order valence-electron chi connectivity index (χ3n) is 5.21. The normalized spacial score (nSPS) is 12.9. The van der Waals surface area contributed by atoms with Gasteiger partial charge in [0.25, 0.3) is 17.7 Å². The minimum atomic E-state index is -0.344. The summed E-state index contributed by atoms with van der Waals surface area (Å²) in [5.41, 5.74) is 2.42. The quantitative estimate of drug-likeness (QED) is 0.505. The summed E-state index contributed by atoms with van der Waals surface area (Å²) in [4.78, 5) is 39.2. The number of carbonyl (C=O) groups is 3. The average molecular weight is 392 g/mol. The monoisotopic (exact) mass is 392 g/mol. The molecule has 30 heavy (non-hydrogen) atoms. The van der Waals surface area contributed by atoms with Gasteiger partial charge in [-0.1, -0.05) is 48.5 Å². The van der Waals surface area contributed by atoms with E-state index in [1.165, 1.54) is 0 Å². The molecule has 144 valence electrons. The molecule has 0 saturated heterocycles. The van der Waals surface area contributed by atoms with Crippen molar-refractivity contribution in [2.45, 2.75) is 0 Å². The van der Waals surface area contributed by atoms with Gasteiger partial charge >= 0.3 is 0 Å². The van der Waals surface area contributed by atoms with Crippen molar-refractivity contribution in [2.75, 3.05) is 10.2 Å². The Labute approximate surface area is 172 Å². The number of hydrogen-bond donors (Lipinski definition) is 1. The first-order chi connectivity index (χ1) is 14.6. The SMILES string of the molecule is O=C(Nc1ccc(N2C(=O)c3ccccc3C2=O)cc1)c1cccc2ccccc12. The maximum Gasteiger partial charge on any atom is 0.266 e. The van der Waals surface area contributed by atoms with Gasteiger partial charge in [-0.25, -0.2) is 4.90 Å². The lowest BCUT2D eigenvalue weighted by molar-refractivity contribution is 0.0924. The largest absolute Gasteiger partial charge is 0.322 e. The van der Waals surface area contributed by atoms with Gasteiger partial charge in [0.05, 0.1) is 16.8 Å². The zero-order valence-electron chi connectivity index (χ0n) is 15.8. The summed E-state index contributed by atoms with van der Waals surface area (Å²) in [6, 6.07) is 26.7. The molecule has 5 heteroatoms. The molecule has 1 aliphatic rings. The van der Waals surface area contributed by atoms with Gasteiger partial charge < -0.3 is 5.32 Å². The highest BCUT2D eigenvalue weighted by atomic mass is 16.2. The van der Waals surface area contributed by atoms with Crippen molar-refractivity contribution in [3.63, 3.8) is 0 Å². The van der Waals surface area contributed by atoms with E-state index < -0.39 is 0 Å². The Balaban J connectivity index is 1.39. The van der Waals surface area contributed by atoms with Crippen LogP contribution in [0.4, 0.5) is 11.4 Å². The van der Waals surface area contributed by atoms with Gasteiger partial charge in [-0.3, -0.25) is 14.4 Å². The van der Waals surface area contributed by atoms with E-state index in [1.54, 1.807) is 54.6 Å². The fourth-order valence-electron chi connectivity index (χ4n) is 3.74. The molecule has 0 atom stereocenters. The van der Waals surface area contributed by atoms with Gasteiger partial charge in [-0.05, 0) is 53.2 Å². The van der Waals surface area contributed by atoms with Crippen LogP contribution >= 0.6 is 0 Å². The van der Waals surface area contributed by atoms with E-state index >= 15 is 0 Å². The number of benzene rings is 4. The van der Waals surface area contributed by atoms with Crippen LogP contribution in [-0.4, -0.2) is 17.7 Å². The van der Waals surface area contributed by atoms with E-state index in [4.69, 9.17) is 0 Å². The molecule has 5 nitrogen and oxygen atoms in total. The molecule has 0 radical (unpaired) electrons. The first-order valence-corrected chi connectivity index (χ1v) is 9.50. The summed E-state index contributed by atoms with van der Waals surface area (Å²) in [5.74, 6) is -0.911. The maximum absolute atomic E-state index is 12.8. The topological polar surface area (TPSA) is 66.5 Å². The Morgan fingerprint density at radius 3 is 1.97 bits per heavy atom. The Hall–Kier alpha value is -4.25. The highest BCUT2D eigenvalue weighted by Gasteiger charge is 2.36. The van der Waals surface area contributed by atoms with Gasteiger partial charge in [-0.2, -0.15) is 0 Å². The van der Waals surface area contributed by atoms with Gasteiger partial charge in [-0.15, -0.1) is 0 Å². The summed E-state index contributed by atoms with van der Waals surface area (Å²) in [6.07, 6.45) is 0. The first-order valence-electron chi connectivity index (χ1n) is 9.50. The third-order valence-corrected chi connectivity index (χ3v) is 5.21. The lowest BCUT2D eigenvalue weighted by atomic mass is 10.0. The van der Waals surface area contributed by atoms with Gasteiger partial charge in [0.15, 0.2) is 0 Å². The van der Waals surface area contributed by atoms with E-state index in [0.29, 0.717) is 28.1 Å². The van der Waals surface area contributed by atoms with E-state index in [9.17, 15) is 14.4 Å². The zero-order chi connectivity index (χ0) is 20.7. The molecule has 1 aliphatic heterocycles. The number of nitrogens with one attached hydrogen (secondary N) is 1. The van der Waals surface area contributed by atoms with Crippen molar-refractivity contribution < 1.29 is 14.4 Å². The minimum absolute atomic E-state index is 0.222. The summed E-state index contributed by atoms with van der Waals surface area (Å²) in [7, 11) is 0. The van der Waals surface area contributed by atoms with Crippen LogP contribution < -0.4 is 10.2 Å². The van der Waals surface area contributed by atoms with Crippen LogP contribution in [0.15, 0.2) is 91.0 Å². The maximum atomic E-state index is 12.8. The number of amides is 3. The van der Waals surface area contributed by atoms with Crippen LogP contribution in [0.2, 0.25) is 0 Å². The Morgan fingerprint density at radius 1 is 0.667 bits per heavy atom. The molecule has 4 aromatic rings. The minimum Gasteiger partial charge on any atom is -0.322 e.